The number of rotatable bonds is 7. The van der Waals surface area contributed by atoms with E-state index in [1.54, 1.807) is 0 Å². The summed E-state index contributed by atoms with van der Waals surface area (Å²) < 4.78 is 0. The van der Waals surface area contributed by atoms with Crippen molar-refractivity contribution in [2.24, 2.45) is 5.41 Å². The Bertz CT molecular complexity index is 172. The summed E-state index contributed by atoms with van der Waals surface area (Å²) in [5, 5.41) is 7.19. The fourth-order valence-electron chi connectivity index (χ4n) is 2.39. The van der Waals surface area contributed by atoms with Gasteiger partial charge in [-0.2, -0.15) is 0 Å². The van der Waals surface area contributed by atoms with Crippen LogP contribution in [0.5, 0.6) is 0 Å². The molecule has 2 heteroatoms. The maximum atomic E-state index is 3.73. The first-order chi connectivity index (χ1) is 7.64. The van der Waals surface area contributed by atoms with E-state index in [1.165, 1.54) is 51.6 Å². The average molecular weight is 226 g/mol. The number of hydrogen-bond donors (Lipinski definition) is 2. The summed E-state index contributed by atoms with van der Waals surface area (Å²) in [6, 6.07) is 0.708. The molecular weight excluding hydrogens is 196 g/mol. The molecule has 1 aliphatic heterocycles. The van der Waals surface area contributed by atoms with E-state index in [4.69, 9.17) is 0 Å². The van der Waals surface area contributed by atoms with Crippen LogP contribution >= 0.6 is 0 Å². The van der Waals surface area contributed by atoms with Crippen LogP contribution in [-0.2, 0) is 0 Å². The standard InChI is InChI=1S/C14H30N2/c1-4-5-6-9-14(2,3)12-16-13-8-7-10-15-11-13/h13,15-16H,4-12H2,1-3H3. The molecule has 0 radical (unpaired) electrons. The lowest BCUT2D eigenvalue weighted by Gasteiger charge is -2.30. The van der Waals surface area contributed by atoms with Crippen molar-refractivity contribution in [3.63, 3.8) is 0 Å². The van der Waals surface area contributed by atoms with Gasteiger partial charge in [0.15, 0.2) is 0 Å². The van der Waals surface area contributed by atoms with Crippen molar-refractivity contribution in [2.45, 2.75) is 65.3 Å². The summed E-state index contributed by atoms with van der Waals surface area (Å²) in [4.78, 5) is 0. The first-order valence-electron chi connectivity index (χ1n) is 7.08. The summed E-state index contributed by atoms with van der Waals surface area (Å²) in [6.07, 6.45) is 8.12. The molecule has 0 spiro atoms. The van der Waals surface area contributed by atoms with Gasteiger partial charge >= 0.3 is 0 Å². The Morgan fingerprint density at radius 2 is 2.12 bits per heavy atom. The Morgan fingerprint density at radius 3 is 2.75 bits per heavy atom. The van der Waals surface area contributed by atoms with Crippen LogP contribution in [0, 0.1) is 5.41 Å². The van der Waals surface area contributed by atoms with Gasteiger partial charge in [-0.3, -0.25) is 0 Å². The minimum Gasteiger partial charge on any atom is -0.315 e. The maximum Gasteiger partial charge on any atom is 0.0193 e. The van der Waals surface area contributed by atoms with E-state index in [2.05, 4.69) is 31.4 Å². The molecule has 1 aliphatic rings. The predicted octanol–water partition coefficient (Wildman–Crippen LogP) is 2.93. The third-order valence-corrected chi connectivity index (χ3v) is 3.62. The lowest BCUT2D eigenvalue weighted by Crippen LogP contribution is -2.46. The normalized spacial score (nSPS) is 22.3. The minimum absolute atomic E-state index is 0.465. The summed E-state index contributed by atoms with van der Waals surface area (Å²) in [5.74, 6) is 0. The van der Waals surface area contributed by atoms with Crippen molar-refractivity contribution >= 4 is 0 Å². The molecule has 1 atom stereocenters. The number of piperidine rings is 1. The third-order valence-electron chi connectivity index (χ3n) is 3.62. The third kappa shape index (κ3) is 5.86. The summed E-state index contributed by atoms with van der Waals surface area (Å²) in [5.41, 5.74) is 0.465. The highest BCUT2D eigenvalue weighted by molar-refractivity contribution is 4.79. The van der Waals surface area contributed by atoms with Crippen LogP contribution in [0.25, 0.3) is 0 Å². The molecule has 2 N–H and O–H groups in total. The van der Waals surface area contributed by atoms with E-state index in [0.29, 0.717) is 11.5 Å². The zero-order valence-electron chi connectivity index (χ0n) is 11.4. The van der Waals surface area contributed by atoms with Crippen LogP contribution in [0.1, 0.15) is 59.3 Å². The van der Waals surface area contributed by atoms with Crippen LogP contribution < -0.4 is 10.6 Å². The largest absolute Gasteiger partial charge is 0.315 e. The second kappa shape index (κ2) is 7.29. The Morgan fingerprint density at radius 1 is 1.31 bits per heavy atom. The Labute approximate surface area is 102 Å². The quantitative estimate of drug-likeness (QED) is 0.652. The van der Waals surface area contributed by atoms with E-state index in [-0.39, 0.29) is 0 Å². The fourth-order valence-corrected chi connectivity index (χ4v) is 2.39. The molecule has 0 aromatic rings. The van der Waals surface area contributed by atoms with Gasteiger partial charge in [0.2, 0.25) is 0 Å². The fraction of sp³-hybridized carbons (Fsp3) is 1.00. The number of nitrogens with one attached hydrogen (secondary N) is 2. The molecule has 0 saturated carbocycles. The molecule has 2 nitrogen and oxygen atoms in total. The topological polar surface area (TPSA) is 24.1 Å². The van der Waals surface area contributed by atoms with Crippen molar-refractivity contribution in [2.75, 3.05) is 19.6 Å². The van der Waals surface area contributed by atoms with Crippen molar-refractivity contribution in [3.05, 3.63) is 0 Å². The smallest absolute Gasteiger partial charge is 0.0193 e. The van der Waals surface area contributed by atoms with Crippen LogP contribution in [0.2, 0.25) is 0 Å². The second-order valence-electron chi connectivity index (χ2n) is 6.05. The van der Waals surface area contributed by atoms with Crippen molar-refractivity contribution < 1.29 is 0 Å². The molecule has 0 aliphatic carbocycles. The molecule has 0 bridgehead atoms. The highest BCUT2D eigenvalue weighted by Gasteiger charge is 2.20. The van der Waals surface area contributed by atoms with Crippen molar-refractivity contribution in [3.8, 4) is 0 Å². The first kappa shape index (κ1) is 14.0. The lowest BCUT2D eigenvalue weighted by atomic mass is 9.86. The van der Waals surface area contributed by atoms with Crippen LogP contribution in [0.3, 0.4) is 0 Å². The minimum atomic E-state index is 0.465. The second-order valence-corrected chi connectivity index (χ2v) is 6.05. The summed E-state index contributed by atoms with van der Waals surface area (Å²) in [7, 11) is 0. The monoisotopic (exact) mass is 226 g/mol. The van der Waals surface area contributed by atoms with E-state index < -0.39 is 0 Å². The number of unbranched alkanes of at least 4 members (excludes halogenated alkanes) is 2. The van der Waals surface area contributed by atoms with E-state index >= 15 is 0 Å². The Hall–Kier alpha value is -0.0800. The molecule has 0 aromatic carbocycles. The summed E-state index contributed by atoms with van der Waals surface area (Å²) >= 11 is 0. The van der Waals surface area contributed by atoms with Gasteiger partial charge in [0, 0.05) is 19.1 Å². The highest BCUT2D eigenvalue weighted by atomic mass is 15.0. The Kier molecular flexibility index (Phi) is 6.37. The number of hydrogen-bond acceptors (Lipinski definition) is 2. The molecule has 0 aromatic heterocycles. The van der Waals surface area contributed by atoms with Crippen molar-refractivity contribution in [1.82, 2.24) is 10.6 Å². The van der Waals surface area contributed by atoms with Gasteiger partial charge in [-0.15, -0.1) is 0 Å². The van der Waals surface area contributed by atoms with Crippen LogP contribution in [0.4, 0.5) is 0 Å². The van der Waals surface area contributed by atoms with Crippen LogP contribution in [-0.4, -0.2) is 25.7 Å². The zero-order valence-corrected chi connectivity index (χ0v) is 11.4. The Balaban J connectivity index is 2.13. The van der Waals surface area contributed by atoms with Gasteiger partial charge in [0.25, 0.3) is 0 Å². The van der Waals surface area contributed by atoms with Gasteiger partial charge in [0.1, 0.15) is 0 Å². The molecule has 1 unspecified atom stereocenters. The predicted molar refractivity (Wildman–Crippen MR) is 71.8 cm³/mol. The molecule has 16 heavy (non-hydrogen) atoms. The molecular formula is C14H30N2. The van der Waals surface area contributed by atoms with E-state index in [0.717, 1.165) is 6.54 Å². The molecule has 1 heterocycles. The van der Waals surface area contributed by atoms with Gasteiger partial charge in [-0.1, -0.05) is 40.0 Å². The summed E-state index contributed by atoms with van der Waals surface area (Å²) in [6.45, 7) is 10.6. The van der Waals surface area contributed by atoms with Crippen molar-refractivity contribution in [1.29, 1.82) is 0 Å². The SMILES string of the molecule is CCCCCC(C)(C)CNC1CCCNC1. The molecule has 1 fully saturated rings. The molecule has 1 rings (SSSR count). The van der Waals surface area contributed by atoms with Gasteiger partial charge in [0.05, 0.1) is 0 Å². The van der Waals surface area contributed by atoms with E-state index in [1.807, 2.05) is 0 Å². The van der Waals surface area contributed by atoms with Gasteiger partial charge in [-0.25, -0.2) is 0 Å². The molecule has 96 valence electrons. The van der Waals surface area contributed by atoms with E-state index in [9.17, 15) is 0 Å². The first-order valence-corrected chi connectivity index (χ1v) is 7.08. The van der Waals surface area contributed by atoms with Gasteiger partial charge < -0.3 is 10.6 Å². The van der Waals surface area contributed by atoms with Gasteiger partial charge in [-0.05, 0) is 31.2 Å². The molecule has 1 saturated heterocycles. The zero-order chi connectivity index (χ0) is 11.9. The lowest BCUT2D eigenvalue weighted by molar-refractivity contribution is 0.271. The maximum absolute atomic E-state index is 3.73. The average Bonchev–Trinajstić information content (AvgIpc) is 2.28. The van der Waals surface area contributed by atoms with Crippen LogP contribution in [0.15, 0.2) is 0 Å². The molecule has 0 amide bonds. The highest BCUT2D eigenvalue weighted by Crippen LogP contribution is 2.23.